The van der Waals surface area contributed by atoms with Gasteiger partial charge in [0.25, 0.3) is 0 Å². The van der Waals surface area contributed by atoms with Crippen molar-refractivity contribution in [3.63, 3.8) is 0 Å². The first-order chi connectivity index (χ1) is 8.75. The summed E-state index contributed by atoms with van der Waals surface area (Å²) in [6.07, 6.45) is 2.45. The molecular weight excluding hydrogens is 224 g/mol. The van der Waals surface area contributed by atoms with Crippen molar-refractivity contribution in [2.75, 3.05) is 26.2 Å². The molecule has 1 heterocycles. The van der Waals surface area contributed by atoms with Crippen LogP contribution in [-0.4, -0.2) is 37.2 Å². The normalized spacial score (nSPS) is 19.7. The van der Waals surface area contributed by atoms with E-state index in [1.54, 1.807) is 0 Å². The lowest BCUT2D eigenvalue weighted by Crippen LogP contribution is -2.41. The molecule has 3 heteroatoms. The van der Waals surface area contributed by atoms with E-state index in [0.29, 0.717) is 12.0 Å². The molecule has 1 aromatic rings. The molecule has 1 saturated heterocycles. The van der Waals surface area contributed by atoms with Crippen molar-refractivity contribution in [3.8, 4) is 5.75 Å². The largest absolute Gasteiger partial charge is 0.492 e. The number of hydrogen-bond acceptors (Lipinski definition) is 3. The maximum absolute atomic E-state index is 5.95. The lowest BCUT2D eigenvalue weighted by molar-refractivity contribution is 0.147. The van der Waals surface area contributed by atoms with E-state index in [1.807, 2.05) is 30.3 Å². The van der Waals surface area contributed by atoms with Crippen LogP contribution in [0.2, 0.25) is 0 Å². The first kappa shape index (κ1) is 13.4. The maximum Gasteiger partial charge on any atom is 0.119 e. The van der Waals surface area contributed by atoms with Crippen molar-refractivity contribution in [2.45, 2.75) is 25.8 Å². The van der Waals surface area contributed by atoms with Crippen LogP contribution >= 0.6 is 0 Å². The highest BCUT2D eigenvalue weighted by Gasteiger charge is 2.21. The van der Waals surface area contributed by atoms with Crippen LogP contribution in [0, 0.1) is 5.92 Å². The summed E-state index contributed by atoms with van der Waals surface area (Å²) >= 11 is 0. The van der Waals surface area contributed by atoms with E-state index in [-0.39, 0.29) is 0 Å². The standard InChI is InChI=1S/C15H24N2O/c1-13(16)14-7-9-17(10-8-14)11-12-18-15-5-3-2-4-6-15/h2-6,13-14H,7-12,16H2,1H3. The number of hydrogen-bond donors (Lipinski definition) is 1. The average molecular weight is 248 g/mol. The minimum atomic E-state index is 0.340. The Morgan fingerprint density at radius 1 is 1.28 bits per heavy atom. The van der Waals surface area contributed by atoms with Crippen LogP contribution in [0.4, 0.5) is 0 Å². The van der Waals surface area contributed by atoms with E-state index in [1.165, 1.54) is 12.8 Å². The Hall–Kier alpha value is -1.06. The summed E-state index contributed by atoms with van der Waals surface area (Å²) in [5, 5.41) is 0. The summed E-state index contributed by atoms with van der Waals surface area (Å²) < 4.78 is 5.72. The molecule has 0 saturated carbocycles. The molecular formula is C15H24N2O. The van der Waals surface area contributed by atoms with Crippen LogP contribution < -0.4 is 10.5 Å². The van der Waals surface area contributed by atoms with E-state index < -0.39 is 0 Å². The zero-order valence-corrected chi connectivity index (χ0v) is 11.2. The van der Waals surface area contributed by atoms with Crippen LogP contribution in [0.1, 0.15) is 19.8 Å². The van der Waals surface area contributed by atoms with Gasteiger partial charge < -0.3 is 10.5 Å². The van der Waals surface area contributed by atoms with Gasteiger partial charge in [-0.1, -0.05) is 18.2 Å². The summed E-state index contributed by atoms with van der Waals surface area (Å²) in [4.78, 5) is 2.47. The van der Waals surface area contributed by atoms with Crippen molar-refractivity contribution >= 4 is 0 Å². The van der Waals surface area contributed by atoms with Gasteiger partial charge in [0.15, 0.2) is 0 Å². The van der Waals surface area contributed by atoms with Gasteiger partial charge in [0, 0.05) is 12.6 Å². The Morgan fingerprint density at radius 2 is 1.94 bits per heavy atom. The van der Waals surface area contributed by atoms with Crippen molar-refractivity contribution < 1.29 is 4.74 Å². The maximum atomic E-state index is 5.95. The van der Waals surface area contributed by atoms with E-state index in [2.05, 4.69) is 11.8 Å². The minimum absolute atomic E-state index is 0.340. The number of piperidine rings is 1. The quantitative estimate of drug-likeness (QED) is 0.867. The fraction of sp³-hybridized carbons (Fsp3) is 0.600. The van der Waals surface area contributed by atoms with Gasteiger partial charge in [0.1, 0.15) is 12.4 Å². The molecule has 1 fully saturated rings. The van der Waals surface area contributed by atoms with Crippen molar-refractivity contribution in [1.29, 1.82) is 0 Å². The Balaban J connectivity index is 1.64. The second-order valence-electron chi connectivity index (χ2n) is 5.20. The van der Waals surface area contributed by atoms with Gasteiger partial charge in [-0.2, -0.15) is 0 Å². The number of rotatable bonds is 5. The monoisotopic (exact) mass is 248 g/mol. The van der Waals surface area contributed by atoms with Gasteiger partial charge >= 0.3 is 0 Å². The molecule has 2 N–H and O–H groups in total. The number of likely N-dealkylation sites (tertiary alicyclic amines) is 1. The van der Waals surface area contributed by atoms with Crippen LogP contribution in [0.15, 0.2) is 30.3 Å². The number of ether oxygens (including phenoxy) is 1. The molecule has 1 aromatic carbocycles. The summed E-state index contributed by atoms with van der Waals surface area (Å²) in [5.41, 5.74) is 5.95. The lowest BCUT2D eigenvalue weighted by atomic mass is 9.91. The Bertz CT molecular complexity index is 332. The van der Waals surface area contributed by atoms with Gasteiger partial charge in [-0.3, -0.25) is 4.90 Å². The topological polar surface area (TPSA) is 38.5 Å². The summed E-state index contributed by atoms with van der Waals surface area (Å²) in [6.45, 7) is 6.22. The molecule has 1 aliphatic rings. The highest BCUT2D eigenvalue weighted by molar-refractivity contribution is 5.20. The number of para-hydroxylation sites is 1. The molecule has 1 atom stereocenters. The molecule has 18 heavy (non-hydrogen) atoms. The smallest absolute Gasteiger partial charge is 0.119 e. The molecule has 0 aromatic heterocycles. The van der Waals surface area contributed by atoms with E-state index in [0.717, 1.165) is 32.0 Å². The second kappa shape index (κ2) is 6.76. The predicted octanol–water partition coefficient (Wildman–Crippen LogP) is 2.12. The van der Waals surface area contributed by atoms with Gasteiger partial charge in [0.2, 0.25) is 0 Å². The van der Waals surface area contributed by atoms with Crippen molar-refractivity contribution in [2.24, 2.45) is 11.7 Å². The van der Waals surface area contributed by atoms with E-state index >= 15 is 0 Å². The molecule has 0 amide bonds. The molecule has 0 radical (unpaired) electrons. The summed E-state index contributed by atoms with van der Waals surface area (Å²) in [6, 6.07) is 10.4. The van der Waals surface area contributed by atoms with Crippen LogP contribution in [0.25, 0.3) is 0 Å². The second-order valence-corrected chi connectivity index (χ2v) is 5.20. The molecule has 1 unspecified atom stereocenters. The Morgan fingerprint density at radius 3 is 2.56 bits per heavy atom. The third-order valence-corrected chi connectivity index (χ3v) is 3.80. The molecule has 0 spiro atoms. The van der Waals surface area contributed by atoms with Crippen LogP contribution in [0.3, 0.4) is 0 Å². The lowest BCUT2D eigenvalue weighted by Gasteiger charge is -2.33. The van der Waals surface area contributed by atoms with Crippen molar-refractivity contribution in [3.05, 3.63) is 30.3 Å². The molecule has 2 rings (SSSR count). The fourth-order valence-corrected chi connectivity index (χ4v) is 2.51. The third-order valence-electron chi connectivity index (χ3n) is 3.80. The fourth-order valence-electron chi connectivity index (χ4n) is 2.51. The van der Waals surface area contributed by atoms with Gasteiger partial charge in [-0.05, 0) is 50.9 Å². The highest BCUT2D eigenvalue weighted by Crippen LogP contribution is 2.19. The first-order valence-electron chi connectivity index (χ1n) is 6.91. The molecule has 100 valence electrons. The first-order valence-corrected chi connectivity index (χ1v) is 6.91. The van der Waals surface area contributed by atoms with Crippen LogP contribution in [0.5, 0.6) is 5.75 Å². The van der Waals surface area contributed by atoms with E-state index in [4.69, 9.17) is 10.5 Å². The zero-order chi connectivity index (χ0) is 12.8. The molecule has 0 bridgehead atoms. The molecule has 0 aliphatic carbocycles. The van der Waals surface area contributed by atoms with Crippen molar-refractivity contribution in [1.82, 2.24) is 4.90 Å². The highest BCUT2D eigenvalue weighted by atomic mass is 16.5. The summed E-state index contributed by atoms with van der Waals surface area (Å²) in [7, 11) is 0. The van der Waals surface area contributed by atoms with E-state index in [9.17, 15) is 0 Å². The molecule has 3 nitrogen and oxygen atoms in total. The average Bonchev–Trinajstić information content (AvgIpc) is 2.40. The van der Waals surface area contributed by atoms with Gasteiger partial charge in [-0.15, -0.1) is 0 Å². The van der Waals surface area contributed by atoms with Crippen LogP contribution in [-0.2, 0) is 0 Å². The SMILES string of the molecule is CC(N)C1CCN(CCOc2ccccc2)CC1. The van der Waals surface area contributed by atoms with Gasteiger partial charge in [-0.25, -0.2) is 0 Å². The van der Waals surface area contributed by atoms with Gasteiger partial charge in [0.05, 0.1) is 0 Å². The molecule has 1 aliphatic heterocycles. The summed E-state index contributed by atoms with van der Waals surface area (Å²) in [5.74, 6) is 1.67. The number of nitrogens with zero attached hydrogens (tertiary/aromatic N) is 1. The zero-order valence-electron chi connectivity index (χ0n) is 11.2. The Kier molecular flexibility index (Phi) is 5.02. The predicted molar refractivity (Wildman–Crippen MR) is 74.8 cm³/mol. The minimum Gasteiger partial charge on any atom is -0.492 e. The number of nitrogens with two attached hydrogens (primary N) is 1. The number of benzene rings is 1. The Labute approximate surface area is 110 Å². The third kappa shape index (κ3) is 4.00.